The Bertz CT molecular complexity index is 890. The normalized spacial score (nSPS) is 17.6. The lowest BCUT2D eigenvalue weighted by Gasteiger charge is -2.38. The molecule has 28 heavy (non-hydrogen) atoms. The Labute approximate surface area is 172 Å². The minimum atomic E-state index is -3.69. The molecular formula is C20H29N3O3S2. The van der Waals surface area contributed by atoms with Gasteiger partial charge in [0.1, 0.15) is 10.6 Å². The van der Waals surface area contributed by atoms with Gasteiger partial charge in [-0.3, -0.25) is 4.90 Å². The van der Waals surface area contributed by atoms with Crippen LogP contribution in [-0.4, -0.2) is 65.1 Å². The number of hydrogen-bond donors (Lipinski definition) is 1. The minimum absolute atomic E-state index is 0.0206. The van der Waals surface area contributed by atoms with E-state index in [-0.39, 0.29) is 10.9 Å². The highest BCUT2D eigenvalue weighted by atomic mass is 32.2. The molecule has 1 aliphatic rings. The van der Waals surface area contributed by atoms with Gasteiger partial charge in [-0.15, -0.1) is 0 Å². The summed E-state index contributed by atoms with van der Waals surface area (Å²) in [6.07, 6.45) is 0. The number of thiophene rings is 1. The Hall–Kier alpha value is -1.45. The summed E-state index contributed by atoms with van der Waals surface area (Å²) in [5.74, 6) is 0.377. The summed E-state index contributed by atoms with van der Waals surface area (Å²) in [5, 5.41) is 4.15. The number of ether oxygens (including phenoxy) is 1. The number of nitrogens with one attached hydrogen (secondary N) is 1. The Morgan fingerprint density at radius 2 is 1.86 bits per heavy atom. The van der Waals surface area contributed by atoms with Gasteiger partial charge in [-0.05, 0) is 66.5 Å². The topological polar surface area (TPSA) is 61.9 Å². The zero-order valence-electron chi connectivity index (χ0n) is 16.9. The average molecular weight is 424 g/mol. The van der Waals surface area contributed by atoms with E-state index >= 15 is 0 Å². The van der Waals surface area contributed by atoms with Crippen molar-refractivity contribution in [1.29, 1.82) is 0 Å². The van der Waals surface area contributed by atoms with Crippen LogP contribution in [0.15, 0.2) is 33.9 Å². The zero-order chi connectivity index (χ0) is 20.3. The smallest absolute Gasteiger partial charge is 0.244 e. The number of likely N-dealkylation sites (N-methyl/N-ethyl adjacent to an activating group) is 1. The van der Waals surface area contributed by atoms with Gasteiger partial charge in [-0.2, -0.15) is 11.3 Å². The molecule has 6 nitrogen and oxygen atoms in total. The first-order valence-corrected chi connectivity index (χ1v) is 11.8. The highest BCUT2D eigenvalue weighted by Crippen LogP contribution is 2.29. The zero-order valence-corrected chi connectivity index (χ0v) is 18.6. The van der Waals surface area contributed by atoms with Gasteiger partial charge >= 0.3 is 0 Å². The molecule has 1 aromatic heterocycles. The van der Waals surface area contributed by atoms with Crippen molar-refractivity contribution >= 4 is 21.4 Å². The van der Waals surface area contributed by atoms with Crippen LogP contribution >= 0.6 is 11.3 Å². The molecule has 154 valence electrons. The molecule has 0 saturated carbocycles. The summed E-state index contributed by atoms with van der Waals surface area (Å²) in [6.45, 7) is 8.00. The van der Waals surface area contributed by atoms with E-state index in [2.05, 4.69) is 33.0 Å². The SMILES string of the molecule is COc1cc(C)c(C)cc1S(=O)(=O)NCC(c1ccsc1)N1CCN(C)CC1. The van der Waals surface area contributed by atoms with Crippen LogP contribution in [0, 0.1) is 13.8 Å². The lowest BCUT2D eigenvalue weighted by molar-refractivity contribution is 0.113. The predicted molar refractivity (Wildman–Crippen MR) is 114 cm³/mol. The van der Waals surface area contributed by atoms with Gasteiger partial charge in [0.25, 0.3) is 0 Å². The fraction of sp³-hybridized carbons (Fsp3) is 0.500. The van der Waals surface area contributed by atoms with Crippen molar-refractivity contribution in [2.45, 2.75) is 24.8 Å². The first-order chi connectivity index (χ1) is 13.3. The number of benzene rings is 1. The second-order valence-corrected chi connectivity index (χ2v) is 9.87. The minimum Gasteiger partial charge on any atom is -0.495 e. The third-order valence-corrected chi connectivity index (χ3v) is 7.59. The van der Waals surface area contributed by atoms with E-state index in [1.165, 1.54) is 7.11 Å². The molecular weight excluding hydrogens is 394 g/mol. The molecule has 1 atom stereocenters. The standard InChI is InChI=1S/C20H29N3O3S2/c1-15-11-19(26-4)20(12-16(15)2)28(24,25)21-13-18(17-5-10-27-14-17)23-8-6-22(3)7-9-23/h5,10-12,14,18,21H,6-9,13H2,1-4H3. The van der Waals surface area contributed by atoms with E-state index in [0.29, 0.717) is 12.3 Å². The van der Waals surface area contributed by atoms with Crippen molar-refractivity contribution in [1.82, 2.24) is 14.5 Å². The van der Waals surface area contributed by atoms with Crippen LogP contribution in [0.25, 0.3) is 0 Å². The average Bonchev–Trinajstić information content (AvgIpc) is 3.19. The lowest BCUT2D eigenvalue weighted by Crippen LogP contribution is -2.48. The molecule has 8 heteroatoms. The molecule has 0 spiro atoms. The van der Waals surface area contributed by atoms with E-state index in [0.717, 1.165) is 42.9 Å². The summed E-state index contributed by atoms with van der Waals surface area (Å²) in [7, 11) is -0.0683. The number of hydrogen-bond acceptors (Lipinski definition) is 6. The molecule has 2 aromatic rings. The van der Waals surface area contributed by atoms with Crippen molar-refractivity contribution in [3.8, 4) is 5.75 Å². The van der Waals surface area contributed by atoms with Crippen LogP contribution in [0.2, 0.25) is 0 Å². The van der Waals surface area contributed by atoms with Crippen molar-refractivity contribution in [2.24, 2.45) is 0 Å². The Morgan fingerprint density at radius 1 is 1.18 bits per heavy atom. The van der Waals surface area contributed by atoms with Gasteiger partial charge in [0, 0.05) is 38.8 Å². The molecule has 1 saturated heterocycles. The van der Waals surface area contributed by atoms with Crippen LogP contribution in [0.1, 0.15) is 22.7 Å². The van der Waals surface area contributed by atoms with Gasteiger partial charge in [0.15, 0.2) is 0 Å². The molecule has 1 aromatic carbocycles. The highest BCUT2D eigenvalue weighted by Gasteiger charge is 2.27. The quantitative estimate of drug-likeness (QED) is 0.742. The summed E-state index contributed by atoms with van der Waals surface area (Å²) < 4.78 is 34.3. The van der Waals surface area contributed by atoms with Crippen LogP contribution in [-0.2, 0) is 10.0 Å². The maximum atomic E-state index is 13.1. The molecule has 0 amide bonds. The van der Waals surface area contributed by atoms with Crippen molar-refractivity contribution in [3.63, 3.8) is 0 Å². The molecule has 0 bridgehead atoms. The highest BCUT2D eigenvalue weighted by molar-refractivity contribution is 7.89. The molecule has 3 rings (SSSR count). The second kappa shape index (κ2) is 8.92. The number of nitrogens with zero attached hydrogens (tertiary/aromatic N) is 2. The van der Waals surface area contributed by atoms with E-state index in [1.807, 2.05) is 19.2 Å². The fourth-order valence-corrected chi connectivity index (χ4v) is 5.43. The number of piperazine rings is 1. The van der Waals surface area contributed by atoms with Gasteiger partial charge in [0.05, 0.1) is 7.11 Å². The third-order valence-electron chi connectivity index (χ3n) is 5.44. The largest absolute Gasteiger partial charge is 0.495 e. The van der Waals surface area contributed by atoms with Gasteiger partial charge < -0.3 is 9.64 Å². The van der Waals surface area contributed by atoms with Crippen LogP contribution in [0.3, 0.4) is 0 Å². The monoisotopic (exact) mass is 423 g/mol. The van der Waals surface area contributed by atoms with Crippen LogP contribution in [0.5, 0.6) is 5.75 Å². The van der Waals surface area contributed by atoms with E-state index in [9.17, 15) is 8.42 Å². The second-order valence-electron chi connectivity index (χ2n) is 7.35. The molecule has 1 N–H and O–H groups in total. The summed E-state index contributed by atoms with van der Waals surface area (Å²) >= 11 is 1.64. The summed E-state index contributed by atoms with van der Waals surface area (Å²) in [6, 6.07) is 5.57. The maximum absolute atomic E-state index is 13.1. The lowest BCUT2D eigenvalue weighted by atomic mass is 10.1. The number of sulfonamides is 1. The first-order valence-electron chi connectivity index (χ1n) is 9.41. The summed E-state index contributed by atoms with van der Waals surface area (Å²) in [4.78, 5) is 4.86. The van der Waals surface area contributed by atoms with Crippen molar-refractivity contribution in [3.05, 3.63) is 45.6 Å². The molecule has 0 radical (unpaired) electrons. The molecule has 1 aliphatic heterocycles. The van der Waals surface area contributed by atoms with E-state index < -0.39 is 10.0 Å². The number of aryl methyl sites for hydroxylation is 2. The number of methoxy groups -OCH3 is 1. The summed E-state index contributed by atoms with van der Waals surface area (Å²) in [5.41, 5.74) is 3.09. The Kier molecular flexibility index (Phi) is 6.77. The molecule has 0 aliphatic carbocycles. The molecule has 2 heterocycles. The molecule has 1 unspecified atom stereocenters. The first kappa shape index (κ1) is 21.3. The predicted octanol–water partition coefficient (Wildman–Crippen LogP) is 2.64. The van der Waals surface area contributed by atoms with Gasteiger partial charge in [-0.1, -0.05) is 0 Å². The maximum Gasteiger partial charge on any atom is 0.244 e. The van der Waals surface area contributed by atoms with Crippen LogP contribution < -0.4 is 9.46 Å². The third kappa shape index (κ3) is 4.75. The van der Waals surface area contributed by atoms with Crippen LogP contribution in [0.4, 0.5) is 0 Å². The fourth-order valence-electron chi connectivity index (χ4n) is 3.46. The van der Waals surface area contributed by atoms with Gasteiger partial charge in [0.2, 0.25) is 10.0 Å². The van der Waals surface area contributed by atoms with Crippen molar-refractivity contribution < 1.29 is 13.2 Å². The Balaban J connectivity index is 1.82. The van der Waals surface area contributed by atoms with Gasteiger partial charge in [-0.25, -0.2) is 13.1 Å². The van der Waals surface area contributed by atoms with E-state index in [1.54, 1.807) is 23.5 Å². The molecule has 1 fully saturated rings. The van der Waals surface area contributed by atoms with Crippen molar-refractivity contribution in [2.75, 3.05) is 46.9 Å². The Morgan fingerprint density at radius 3 is 2.46 bits per heavy atom. The number of rotatable bonds is 7. The van der Waals surface area contributed by atoms with E-state index in [4.69, 9.17) is 4.74 Å².